The van der Waals surface area contributed by atoms with Gasteiger partial charge in [0.2, 0.25) is 0 Å². The number of carbonyl (C=O) groups is 1. The molecule has 0 heterocycles. The van der Waals surface area contributed by atoms with Crippen molar-refractivity contribution in [3.8, 4) is 0 Å². The lowest BCUT2D eigenvalue weighted by Gasteiger charge is -2.29. The van der Waals surface area contributed by atoms with E-state index in [0.717, 1.165) is 12.8 Å². The fraction of sp³-hybridized carbons (Fsp3) is 0.909. The van der Waals surface area contributed by atoms with Crippen LogP contribution in [-0.2, 0) is 4.79 Å². The molecule has 0 radical (unpaired) electrons. The first-order chi connectivity index (χ1) is 6.98. The molecule has 0 aromatic heterocycles. The van der Waals surface area contributed by atoms with Gasteiger partial charge in [0.1, 0.15) is 5.78 Å². The van der Waals surface area contributed by atoms with Gasteiger partial charge in [-0.1, -0.05) is 0 Å². The normalized spacial score (nSPS) is 32.7. The molecular weight excluding hydrogens is 205 g/mol. The van der Waals surface area contributed by atoms with Crippen molar-refractivity contribution in [1.82, 2.24) is 0 Å². The molecule has 15 heavy (non-hydrogen) atoms. The highest BCUT2D eigenvalue weighted by molar-refractivity contribution is 5.85. The largest absolute Gasteiger partial charge is 0.391 e. The molecule has 2 fully saturated rings. The molecule has 2 rings (SSSR count). The van der Waals surface area contributed by atoms with E-state index in [0.29, 0.717) is 12.8 Å². The molecule has 0 atom stereocenters. The van der Waals surface area contributed by atoms with Crippen molar-refractivity contribution in [2.24, 2.45) is 17.8 Å². The van der Waals surface area contributed by atoms with Gasteiger partial charge in [-0.2, -0.15) is 13.2 Å². The Morgan fingerprint density at radius 3 is 1.60 bits per heavy atom. The zero-order chi connectivity index (χ0) is 11.1. The Kier molecular flexibility index (Phi) is 2.77. The van der Waals surface area contributed by atoms with Gasteiger partial charge >= 0.3 is 6.18 Å². The highest BCUT2D eigenvalue weighted by atomic mass is 19.4. The van der Waals surface area contributed by atoms with Crippen LogP contribution in [0.2, 0.25) is 0 Å². The van der Waals surface area contributed by atoms with Crippen LogP contribution in [0, 0.1) is 17.8 Å². The fourth-order valence-corrected chi connectivity index (χ4v) is 2.41. The summed E-state index contributed by atoms with van der Waals surface area (Å²) < 4.78 is 37.1. The van der Waals surface area contributed by atoms with Crippen LogP contribution in [-0.4, -0.2) is 12.0 Å². The molecular formula is C11H15F3O. The van der Waals surface area contributed by atoms with Gasteiger partial charge in [0.05, 0.1) is 5.92 Å². The van der Waals surface area contributed by atoms with Gasteiger partial charge in [-0.15, -0.1) is 0 Å². The van der Waals surface area contributed by atoms with E-state index in [2.05, 4.69) is 0 Å². The molecule has 0 spiro atoms. The predicted molar refractivity (Wildman–Crippen MR) is 49.2 cm³/mol. The van der Waals surface area contributed by atoms with E-state index < -0.39 is 12.1 Å². The summed E-state index contributed by atoms with van der Waals surface area (Å²) in [7, 11) is 0. The van der Waals surface area contributed by atoms with Crippen LogP contribution < -0.4 is 0 Å². The Hall–Kier alpha value is -0.540. The molecule has 0 bridgehead atoms. The quantitative estimate of drug-likeness (QED) is 0.697. The molecule has 1 nitrogen and oxygen atoms in total. The minimum Gasteiger partial charge on any atom is -0.299 e. The Balaban J connectivity index is 1.83. The van der Waals surface area contributed by atoms with Crippen molar-refractivity contribution >= 4 is 5.78 Å². The number of alkyl halides is 3. The molecule has 0 aromatic rings. The standard InChI is InChI=1S/C11H15F3O/c12-11(13,14)9-5-3-8(4-6-9)10(15)7-1-2-7/h7-9H,1-6H2. The predicted octanol–water partition coefficient (Wildman–Crippen LogP) is 3.33. The second kappa shape index (κ2) is 3.80. The maximum atomic E-state index is 12.4. The van der Waals surface area contributed by atoms with Gasteiger partial charge in [0, 0.05) is 11.8 Å². The van der Waals surface area contributed by atoms with Gasteiger partial charge in [-0.05, 0) is 38.5 Å². The lowest BCUT2D eigenvalue weighted by Crippen LogP contribution is -2.30. The molecule has 0 amide bonds. The summed E-state index contributed by atoms with van der Waals surface area (Å²) in [6.45, 7) is 0. The van der Waals surface area contributed by atoms with Crippen LogP contribution in [0.1, 0.15) is 38.5 Å². The molecule has 0 unspecified atom stereocenters. The van der Waals surface area contributed by atoms with Gasteiger partial charge < -0.3 is 0 Å². The first-order valence-corrected chi connectivity index (χ1v) is 5.59. The Morgan fingerprint density at radius 1 is 0.867 bits per heavy atom. The van der Waals surface area contributed by atoms with Crippen LogP contribution in [0.25, 0.3) is 0 Å². The Labute approximate surface area is 87.0 Å². The van der Waals surface area contributed by atoms with Crippen LogP contribution >= 0.6 is 0 Å². The molecule has 0 N–H and O–H groups in total. The van der Waals surface area contributed by atoms with Crippen molar-refractivity contribution in [3.63, 3.8) is 0 Å². The van der Waals surface area contributed by atoms with Crippen LogP contribution in [0.3, 0.4) is 0 Å². The van der Waals surface area contributed by atoms with E-state index in [9.17, 15) is 18.0 Å². The van der Waals surface area contributed by atoms with Crippen LogP contribution in [0.5, 0.6) is 0 Å². The minimum absolute atomic E-state index is 0.0731. The molecule has 2 aliphatic rings. The summed E-state index contributed by atoms with van der Waals surface area (Å²) in [5.41, 5.74) is 0. The summed E-state index contributed by atoms with van der Waals surface area (Å²) in [6.07, 6.45) is -0.970. The van der Waals surface area contributed by atoms with Gasteiger partial charge in [0.15, 0.2) is 0 Å². The van der Waals surface area contributed by atoms with E-state index in [1.54, 1.807) is 0 Å². The topological polar surface area (TPSA) is 17.1 Å². The van der Waals surface area contributed by atoms with E-state index in [-0.39, 0.29) is 30.5 Å². The first-order valence-electron chi connectivity index (χ1n) is 5.59. The van der Waals surface area contributed by atoms with Crippen molar-refractivity contribution in [3.05, 3.63) is 0 Å². The summed E-state index contributed by atoms with van der Waals surface area (Å²) in [5, 5.41) is 0. The summed E-state index contributed by atoms with van der Waals surface area (Å²) in [5.74, 6) is -0.815. The minimum atomic E-state index is -4.06. The van der Waals surface area contributed by atoms with Gasteiger partial charge in [0.25, 0.3) is 0 Å². The molecule has 0 saturated heterocycles. The van der Waals surface area contributed by atoms with E-state index in [4.69, 9.17) is 0 Å². The summed E-state index contributed by atoms with van der Waals surface area (Å²) >= 11 is 0. The van der Waals surface area contributed by atoms with Gasteiger partial charge in [-0.25, -0.2) is 0 Å². The highest BCUT2D eigenvalue weighted by Gasteiger charge is 2.44. The number of carbonyl (C=O) groups excluding carboxylic acids is 1. The van der Waals surface area contributed by atoms with Crippen LogP contribution in [0.4, 0.5) is 13.2 Å². The number of rotatable bonds is 2. The number of halogens is 3. The lowest BCUT2D eigenvalue weighted by molar-refractivity contribution is -0.184. The van der Waals surface area contributed by atoms with Crippen molar-refractivity contribution < 1.29 is 18.0 Å². The van der Waals surface area contributed by atoms with Crippen LogP contribution in [0.15, 0.2) is 0 Å². The second-order valence-corrected chi connectivity index (χ2v) is 4.77. The highest BCUT2D eigenvalue weighted by Crippen LogP contribution is 2.42. The van der Waals surface area contributed by atoms with Crippen molar-refractivity contribution in [1.29, 1.82) is 0 Å². The van der Waals surface area contributed by atoms with E-state index >= 15 is 0 Å². The zero-order valence-corrected chi connectivity index (χ0v) is 8.52. The second-order valence-electron chi connectivity index (χ2n) is 4.77. The van der Waals surface area contributed by atoms with Crippen molar-refractivity contribution in [2.75, 3.05) is 0 Å². The SMILES string of the molecule is O=C(C1CC1)C1CCC(C(F)(F)F)CC1. The van der Waals surface area contributed by atoms with Gasteiger partial charge in [-0.3, -0.25) is 4.79 Å². The van der Waals surface area contributed by atoms with Crippen molar-refractivity contribution in [2.45, 2.75) is 44.7 Å². The third-order valence-corrected chi connectivity index (χ3v) is 3.57. The first kappa shape index (κ1) is 11.0. The summed E-state index contributed by atoms with van der Waals surface area (Å²) in [6, 6.07) is 0. The van der Waals surface area contributed by atoms with E-state index in [1.807, 2.05) is 0 Å². The molecule has 2 saturated carbocycles. The Bertz CT molecular complexity index is 247. The summed E-state index contributed by atoms with van der Waals surface area (Å²) in [4.78, 5) is 11.6. The smallest absolute Gasteiger partial charge is 0.299 e. The molecule has 0 aliphatic heterocycles. The van der Waals surface area contributed by atoms with E-state index in [1.165, 1.54) is 0 Å². The lowest BCUT2D eigenvalue weighted by atomic mass is 9.79. The molecule has 86 valence electrons. The maximum Gasteiger partial charge on any atom is 0.391 e. The fourth-order valence-electron chi connectivity index (χ4n) is 2.41. The average Bonchev–Trinajstić information content (AvgIpc) is 2.99. The third-order valence-electron chi connectivity index (χ3n) is 3.57. The monoisotopic (exact) mass is 220 g/mol. The molecule has 4 heteroatoms. The Morgan fingerprint density at radius 2 is 1.27 bits per heavy atom. The number of Topliss-reactive ketones (excluding diaryl/α,β-unsaturated/α-hetero) is 1. The molecule has 0 aromatic carbocycles. The number of hydrogen-bond acceptors (Lipinski definition) is 1. The zero-order valence-electron chi connectivity index (χ0n) is 8.52. The maximum absolute atomic E-state index is 12.4. The average molecular weight is 220 g/mol. The molecule has 2 aliphatic carbocycles. The number of hydrogen-bond donors (Lipinski definition) is 0. The third kappa shape index (κ3) is 2.52. The number of ketones is 1.